The van der Waals surface area contributed by atoms with Crippen LogP contribution in [0.2, 0.25) is 0 Å². The van der Waals surface area contributed by atoms with E-state index >= 15 is 0 Å². The number of nitrogens with one attached hydrogen (secondary N) is 1. The van der Waals surface area contributed by atoms with E-state index in [0.717, 1.165) is 0 Å². The van der Waals surface area contributed by atoms with E-state index < -0.39 is 23.7 Å². The molecular formula is C16H22F2N2O4S2. The summed E-state index contributed by atoms with van der Waals surface area (Å²) in [5.41, 5.74) is 0.0137. The Morgan fingerprint density at radius 3 is 2.73 bits per heavy atom. The van der Waals surface area contributed by atoms with Gasteiger partial charge in [0.2, 0.25) is 5.91 Å². The highest BCUT2D eigenvalue weighted by Crippen LogP contribution is 2.51. The number of hydrogen-bond donors (Lipinski definition) is 3. The van der Waals surface area contributed by atoms with Gasteiger partial charge in [0.05, 0.1) is 18.1 Å². The first kappa shape index (κ1) is 19.9. The normalized spacial score (nSPS) is 35.1. The molecule has 3 aliphatic heterocycles. The molecule has 26 heavy (non-hydrogen) atoms. The lowest BCUT2D eigenvalue weighted by molar-refractivity contribution is -0.163. The number of nitrogens with zero attached hydrogens (tertiary/aromatic N) is 1. The quantitative estimate of drug-likeness (QED) is 0.551. The Labute approximate surface area is 158 Å². The predicted octanol–water partition coefficient (Wildman–Crippen LogP) is 1.56. The molecule has 6 nitrogen and oxygen atoms in total. The molecule has 0 aliphatic carbocycles. The van der Waals surface area contributed by atoms with E-state index in [2.05, 4.69) is 5.32 Å². The van der Waals surface area contributed by atoms with Crippen molar-refractivity contribution in [2.24, 2.45) is 11.8 Å². The number of thioether (sulfide) groups is 2. The van der Waals surface area contributed by atoms with E-state index in [9.17, 15) is 28.6 Å². The minimum absolute atomic E-state index is 0.0137. The lowest BCUT2D eigenvalue weighted by atomic mass is 9.79. The van der Waals surface area contributed by atoms with E-state index in [0.29, 0.717) is 35.4 Å². The molecule has 6 atom stereocenters. The monoisotopic (exact) mass is 408 g/mol. The minimum atomic E-state index is -2.40. The minimum Gasteiger partial charge on any atom is -0.477 e. The van der Waals surface area contributed by atoms with Gasteiger partial charge in [0.15, 0.2) is 0 Å². The second-order valence-electron chi connectivity index (χ2n) is 6.95. The number of carbonyl (C=O) groups is 2. The second-order valence-corrected chi connectivity index (χ2v) is 9.31. The second kappa shape index (κ2) is 7.65. The zero-order valence-electron chi connectivity index (χ0n) is 14.4. The highest BCUT2D eigenvalue weighted by molar-refractivity contribution is 8.03. The summed E-state index contributed by atoms with van der Waals surface area (Å²) in [6, 6.07) is -0.350. The Morgan fingerprint density at radius 1 is 1.46 bits per heavy atom. The molecule has 1 amide bonds. The van der Waals surface area contributed by atoms with Crippen molar-refractivity contribution in [1.29, 1.82) is 0 Å². The maximum atomic E-state index is 12.3. The molecule has 0 aromatic rings. The fraction of sp³-hybridized carbons (Fsp3) is 0.750. The fourth-order valence-electron chi connectivity index (χ4n) is 4.05. The standard InChI is InChI=1S/C16H22F2N2O4S2/c1-6-11-10(7(2)21)14(22)20(11)12(15(23)24)13(6)26-9-3-8(19-4-9)5-25-16(17)18/h6-11,16,19,21H,3-5H2,1-2H3,(H,23,24)/t6-,7-,8+,9+,10-,11-/m1/s1. The lowest BCUT2D eigenvalue weighted by Gasteiger charge is -2.46. The first-order chi connectivity index (χ1) is 12.2. The van der Waals surface area contributed by atoms with Crippen molar-refractivity contribution in [2.75, 3.05) is 12.3 Å². The summed E-state index contributed by atoms with van der Waals surface area (Å²) in [4.78, 5) is 26.0. The van der Waals surface area contributed by atoms with Crippen molar-refractivity contribution in [3.8, 4) is 0 Å². The summed E-state index contributed by atoms with van der Waals surface area (Å²) in [5, 5.41) is 22.7. The first-order valence-electron chi connectivity index (χ1n) is 8.50. The van der Waals surface area contributed by atoms with Crippen LogP contribution in [-0.2, 0) is 9.59 Å². The molecule has 0 saturated carbocycles. The van der Waals surface area contributed by atoms with Gasteiger partial charge in [-0.2, -0.15) is 8.78 Å². The van der Waals surface area contributed by atoms with Crippen LogP contribution in [0.25, 0.3) is 0 Å². The summed E-state index contributed by atoms with van der Waals surface area (Å²) in [6.45, 7) is 4.04. The molecule has 0 radical (unpaired) electrons. The number of aliphatic hydroxyl groups is 1. The highest BCUT2D eigenvalue weighted by atomic mass is 32.2. The van der Waals surface area contributed by atoms with Crippen LogP contribution in [0.3, 0.4) is 0 Å². The zero-order chi connectivity index (χ0) is 19.2. The van der Waals surface area contributed by atoms with Crippen molar-refractivity contribution in [1.82, 2.24) is 10.2 Å². The van der Waals surface area contributed by atoms with E-state index in [-0.39, 0.29) is 34.9 Å². The van der Waals surface area contributed by atoms with Crippen LogP contribution >= 0.6 is 23.5 Å². The topological polar surface area (TPSA) is 89.9 Å². The van der Waals surface area contributed by atoms with Gasteiger partial charge in [-0.15, -0.1) is 11.8 Å². The van der Waals surface area contributed by atoms with E-state index in [1.54, 1.807) is 6.92 Å². The molecule has 10 heteroatoms. The Morgan fingerprint density at radius 2 is 2.15 bits per heavy atom. The first-order valence-corrected chi connectivity index (χ1v) is 10.4. The SMILES string of the molecule is C[C@@H](O)[C@H]1C(=O)N2C(C(=O)O)=C(S[C@@H]3CN[C@H](CSC(F)F)C3)[C@H](C)[C@H]12. The third-order valence-corrected chi connectivity index (χ3v) is 7.57. The van der Waals surface area contributed by atoms with Crippen LogP contribution in [0.1, 0.15) is 20.3 Å². The number of β-lactam (4-membered cyclic amide) rings is 1. The Balaban J connectivity index is 1.71. The molecule has 3 rings (SSSR count). The van der Waals surface area contributed by atoms with Crippen LogP contribution in [-0.4, -0.2) is 68.5 Å². The molecule has 0 unspecified atom stereocenters. The molecule has 0 aromatic heterocycles. The summed E-state index contributed by atoms with van der Waals surface area (Å²) in [5.74, 6) is -4.32. The molecular weight excluding hydrogens is 386 g/mol. The summed E-state index contributed by atoms with van der Waals surface area (Å²) in [6.07, 6.45) is -0.152. The van der Waals surface area contributed by atoms with Crippen molar-refractivity contribution in [2.45, 2.75) is 49.5 Å². The van der Waals surface area contributed by atoms with Gasteiger partial charge in [0, 0.05) is 34.4 Å². The highest BCUT2D eigenvalue weighted by Gasteiger charge is 2.60. The van der Waals surface area contributed by atoms with Gasteiger partial charge in [-0.1, -0.05) is 18.7 Å². The number of halogens is 2. The van der Waals surface area contributed by atoms with Crippen LogP contribution < -0.4 is 5.32 Å². The number of rotatable bonds is 7. The summed E-state index contributed by atoms with van der Waals surface area (Å²) < 4.78 is 24.7. The molecule has 3 N–H and O–H groups in total. The molecule has 0 bridgehead atoms. The number of carbonyl (C=O) groups excluding carboxylic acids is 1. The largest absolute Gasteiger partial charge is 0.477 e. The van der Waals surface area contributed by atoms with Gasteiger partial charge >= 0.3 is 5.97 Å². The van der Waals surface area contributed by atoms with E-state index in [1.165, 1.54) is 16.7 Å². The Bertz CT molecular complexity index is 631. The van der Waals surface area contributed by atoms with Gasteiger partial charge in [0.25, 0.3) is 5.76 Å². The number of hydrogen-bond acceptors (Lipinski definition) is 6. The van der Waals surface area contributed by atoms with Gasteiger partial charge < -0.3 is 20.4 Å². The average Bonchev–Trinajstić information content (AvgIpc) is 3.08. The molecule has 2 fully saturated rings. The predicted molar refractivity (Wildman–Crippen MR) is 95.9 cm³/mol. The molecule has 3 aliphatic rings. The van der Waals surface area contributed by atoms with Crippen LogP contribution in [0, 0.1) is 11.8 Å². The molecule has 0 aromatic carbocycles. The fourth-order valence-corrected chi connectivity index (χ4v) is 6.20. The molecule has 0 spiro atoms. The maximum absolute atomic E-state index is 12.3. The number of aliphatic hydroxyl groups excluding tert-OH is 1. The molecule has 3 heterocycles. The third kappa shape index (κ3) is 3.48. The molecule has 2 saturated heterocycles. The average molecular weight is 408 g/mol. The third-order valence-electron chi connectivity index (χ3n) is 5.21. The zero-order valence-corrected chi connectivity index (χ0v) is 16.0. The van der Waals surface area contributed by atoms with Crippen molar-refractivity contribution < 1.29 is 28.6 Å². The number of alkyl halides is 2. The van der Waals surface area contributed by atoms with Gasteiger partial charge in [-0.05, 0) is 13.3 Å². The molecule has 146 valence electrons. The number of carboxylic acids is 1. The smallest absolute Gasteiger partial charge is 0.353 e. The Hall–Kier alpha value is -0.840. The van der Waals surface area contributed by atoms with Crippen molar-refractivity contribution >= 4 is 35.4 Å². The number of carboxylic acid groups (broad SMARTS) is 1. The number of aliphatic carboxylic acids is 1. The van der Waals surface area contributed by atoms with Crippen LogP contribution in [0.5, 0.6) is 0 Å². The lowest BCUT2D eigenvalue weighted by Crippen LogP contribution is -2.63. The van der Waals surface area contributed by atoms with Gasteiger partial charge in [0.1, 0.15) is 5.70 Å². The van der Waals surface area contributed by atoms with Crippen LogP contribution in [0.4, 0.5) is 8.78 Å². The van der Waals surface area contributed by atoms with Crippen molar-refractivity contribution in [3.05, 3.63) is 10.6 Å². The summed E-state index contributed by atoms with van der Waals surface area (Å²) in [7, 11) is 0. The summed E-state index contributed by atoms with van der Waals surface area (Å²) >= 11 is 2.03. The van der Waals surface area contributed by atoms with Crippen molar-refractivity contribution in [3.63, 3.8) is 0 Å². The van der Waals surface area contributed by atoms with E-state index in [1.807, 2.05) is 6.92 Å². The number of fused-ring (bicyclic) bond motifs is 1. The van der Waals surface area contributed by atoms with Gasteiger partial charge in [-0.3, -0.25) is 4.79 Å². The van der Waals surface area contributed by atoms with Crippen LogP contribution in [0.15, 0.2) is 10.6 Å². The van der Waals surface area contributed by atoms with E-state index in [4.69, 9.17) is 0 Å². The number of amides is 1. The van der Waals surface area contributed by atoms with Gasteiger partial charge in [-0.25, -0.2) is 4.79 Å². The Kier molecular flexibility index (Phi) is 5.86. The maximum Gasteiger partial charge on any atom is 0.353 e.